The number of hydrogen-bond donors (Lipinski definition) is 0. The third-order valence-corrected chi connectivity index (χ3v) is 21.5. The molecular formula is C37H68O2Si2. The SMILES string of the molecule is C=C1[C@@H](O[Si](C)(C)C(C)(C)C)CC(=C/C=C2\CCC[C@]3(C)[C@@H]([C@H](C)CCCC)CC[C@@H]23)C[C@H]1O[Si](C)(C)C(C)(C)C. The predicted molar refractivity (Wildman–Crippen MR) is 186 cm³/mol. The van der Waals surface area contributed by atoms with Crippen molar-refractivity contribution in [2.45, 2.75) is 175 Å². The molecule has 3 aliphatic rings. The van der Waals surface area contributed by atoms with Crippen LogP contribution in [0.3, 0.4) is 0 Å². The summed E-state index contributed by atoms with van der Waals surface area (Å²) in [6.45, 7) is 35.7. The lowest BCUT2D eigenvalue weighted by atomic mass is 9.60. The van der Waals surface area contributed by atoms with Gasteiger partial charge in [-0.1, -0.05) is 111 Å². The van der Waals surface area contributed by atoms with Gasteiger partial charge in [0.15, 0.2) is 16.6 Å². The quantitative estimate of drug-likeness (QED) is 0.193. The number of fused-ring (bicyclic) bond motifs is 1. The first-order chi connectivity index (χ1) is 18.7. The molecule has 3 rings (SSSR count). The molecule has 3 saturated carbocycles. The van der Waals surface area contributed by atoms with Crippen molar-refractivity contribution >= 4 is 16.6 Å². The zero-order chi connectivity index (χ0) is 31.0. The van der Waals surface area contributed by atoms with Gasteiger partial charge in [-0.3, -0.25) is 0 Å². The van der Waals surface area contributed by atoms with Crippen molar-refractivity contribution in [3.63, 3.8) is 0 Å². The van der Waals surface area contributed by atoms with Crippen LogP contribution < -0.4 is 0 Å². The van der Waals surface area contributed by atoms with E-state index in [0.29, 0.717) is 5.41 Å². The number of allylic oxidation sites excluding steroid dienone is 3. The van der Waals surface area contributed by atoms with Crippen molar-refractivity contribution in [2.24, 2.45) is 23.2 Å². The Balaban J connectivity index is 1.89. The van der Waals surface area contributed by atoms with Gasteiger partial charge in [0, 0.05) is 0 Å². The van der Waals surface area contributed by atoms with Crippen molar-refractivity contribution in [1.29, 1.82) is 0 Å². The van der Waals surface area contributed by atoms with Gasteiger partial charge in [0.05, 0.1) is 12.2 Å². The third-order valence-electron chi connectivity index (χ3n) is 12.5. The topological polar surface area (TPSA) is 18.5 Å². The van der Waals surface area contributed by atoms with Crippen LogP contribution >= 0.6 is 0 Å². The summed E-state index contributed by atoms with van der Waals surface area (Å²) in [6.07, 6.45) is 18.1. The highest BCUT2D eigenvalue weighted by Gasteiger charge is 2.50. The molecule has 0 spiro atoms. The van der Waals surface area contributed by atoms with Crippen molar-refractivity contribution in [3.05, 3.63) is 35.5 Å². The summed E-state index contributed by atoms with van der Waals surface area (Å²) in [4.78, 5) is 0. The summed E-state index contributed by atoms with van der Waals surface area (Å²) < 4.78 is 14.2. The van der Waals surface area contributed by atoms with Gasteiger partial charge in [-0.25, -0.2) is 0 Å². The van der Waals surface area contributed by atoms with Crippen molar-refractivity contribution in [2.75, 3.05) is 0 Å². The van der Waals surface area contributed by atoms with Crippen LogP contribution in [0, 0.1) is 23.2 Å². The van der Waals surface area contributed by atoms with E-state index in [1.807, 2.05) is 0 Å². The summed E-state index contributed by atoms with van der Waals surface area (Å²) in [5.41, 5.74) is 4.88. The highest BCUT2D eigenvalue weighted by molar-refractivity contribution is 6.74. The Hall–Kier alpha value is -0.426. The normalized spacial score (nSPS) is 33.0. The minimum Gasteiger partial charge on any atom is -0.410 e. The molecule has 0 radical (unpaired) electrons. The molecule has 3 fully saturated rings. The summed E-state index contributed by atoms with van der Waals surface area (Å²) in [6, 6.07) is 0. The third kappa shape index (κ3) is 7.81. The molecule has 0 N–H and O–H groups in total. The van der Waals surface area contributed by atoms with Crippen molar-refractivity contribution in [3.8, 4) is 0 Å². The summed E-state index contributed by atoms with van der Waals surface area (Å²) in [7, 11) is -3.89. The van der Waals surface area contributed by atoms with Crippen molar-refractivity contribution in [1.82, 2.24) is 0 Å². The molecule has 236 valence electrons. The molecule has 6 atom stereocenters. The van der Waals surface area contributed by atoms with Gasteiger partial charge >= 0.3 is 0 Å². The summed E-state index contributed by atoms with van der Waals surface area (Å²) >= 11 is 0. The van der Waals surface area contributed by atoms with E-state index in [-0.39, 0.29) is 22.3 Å². The smallest absolute Gasteiger partial charge is 0.192 e. The monoisotopic (exact) mass is 600 g/mol. The lowest BCUT2D eigenvalue weighted by Gasteiger charge is -2.46. The molecule has 0 amide bonds. The molecule has 3 aliphatic carbocycles. The van der Waals surface area contributed by atoms with Crippen molar-refractivity contribution < 1.29 is 8.85 Å². The maximum absolute atomic E-state index is 7.08. The summed E-state index contributed by atoms with van der Waals surface area (Å²) in [5, 5.41) is 0.346. The first-order valence-corrected chi connectivity index (χ1v) is 23.0. The molecule has 0 aliphatic heterocycles. The standard InChI is InChI=1S/C37H68O2Si2/c1-15-16-18-27(2)31-22-23-32-30(19-17-24-37(31,32)10)21-20-29-25-33(38-40(11,12)35(4,5)6)28(3)34(26-29)39-41(13,14)36(7,8)9/h20-21,27,31-34H,3,15-19,22-26H2,1-2,4-14H3/b29-20?,30-21+/t27-,31-,32+,33-,34+,37-/m1/s1. The van der Waals surface area contributed by atoms with Gasteiger partial charge in [0.2, 0.25) is 0 Å². The molecule has 4 heteroatoms. The van der Waals surface area contributed by atoms with E-state index < -0.39 is 16.6 Å². The molecule has 0 aromatic rings. The van der Waals surface area contributed by atoms with E-state index >= 15 is 0 Å². The molecule has 0 heterocycles. The average molecular weight is 601 g/mol. The Morgan fingerprint density at radius 1 is 0.927 bits per heavy atom. The zero-order valence-electron chi connectivity index (χ0n) is 29.6. The van der Waals surface area contributed by atoms with E-state index in [1.54, 1.807) is 5.57 Å². The fourth-order valence-electron chi connectivity index (χ4n) is 7.63. The second kappa shape index (κ2) is 12.9. The van der Waals surface area contributed by atoms with Gasteiger partial charge in [0.25, 0.3) is 0 Å². The number of rotatable bonds is 9. The van der Waals surface area contributed by atoms with E-state index in [1.165, 1.54) is 62.5 Å². The minimum atomic E-state index is -1.95. The predicted octanol–water partition coefficient (Wildman–Crippen LogP) is 12.0. The molecule has 0 unspecified atom stereocenters. The van der Waals surface area contributed by atoms with E-state index in [2.05, 4.69) is 107 Å². The number of unbranched alkanes of at least 4 members (excludes halogenated alkanes) is 1. The van der Waals surface area contributed by atoms with Gasteiger partial charge in [-0.05, 0) is 110 Å². The Labute approximate surface area is 258 Å². The van der Waals surface area contributed by atoms with E-state index in [9.17, 15) is 0 Å². The zero-order valence-corrected chi connectivity index (χ0v) is 31.6. The molecule has 2 nitrogen and oxygen atoms in total. The van der Waals surface area contributed by atoms with E-state index in [0.717, 1.165) is 30.6 Å². The maximum atomic E-state index is 7.08. The second-order valence-electron chi connectivity index (χ2n) is 17.5. The van der Waals surface area contributed by atoms with Crippen LogP contribution in [0.1, 0.15) is 127 Å². The highest BCUT2D eigenvalue weighted by atomic mass is 28.4. The highest BCUT2D eigenvalue weighted by Crippen LogP contribution is 2.60. The second-order valence-corrected chi connectivity index (χ2v) is 27.0. The van der Waals surface area contributed by atoms with Crippen LogP contribution in [0.15, 0.2) is 35.5 Å². The van der Waals surface area contributed by atoms with Crippen LogP contribution in [-0.4, -0.2) is 28.8 Å². The van der Waals surface area contributed by atoms with Gasteiger partial charge in [0.1, 0.15) is 0 Å². The first kappa shape index (κ1) is 35.1. The minimum absolute atomic E-state index is 0.0518. The summed E-state index contributed by atoms with van der Waals surface area (Å²) in [5.74, 6) is 2.51. The Kier molecular flexibility index (Phi) is 11.0. The molecule has 41 heavy (non-hydrogen) atoms. The lowest BCUT2D eigenvalue weighted by molar-refractivity contribution is 0.0934. The Morgan fingerprint density at radius 3 is 1.95 bits per heavy atom. The van der Waals surface area contributed by atoms with Gasteiger partial charge in [-0.15, -0.1) is 0 Å². The molecular weight excluding hydrogens is 533 g/mol. The molecule has 0 bridgehead atoms. The van der Waals surface area contributed by atoms with Gasteiger partial charge < -0.3 is 8.85 Å². The molecule has 0 aromatic heterocycles. The Morgan fingerprint density at radius 2 is 1.46 bits per heavy atom. The fourth-order valence-corrected chi connectivity index (χ4v) is 10.2. The van der Waals surface area contributed by atoms with Crippen LogP contribution in [0.4, 0.5) is 0 Å². The van der Waals surface area contributed by atoms with Crippen LogP contribution in [-0.2, 0) is 8.85 Å². The molecule has 0 saturated heterocycles. The largest absolute Gasteiger partial charge is 0.410 e. The molecule has 0 aromatic carbocycles. The van der Waals surface area contributed by atoms with Crippen LogP contribution in [0.5, 0.6) is 0 Å². The Bertz CT molecular complexity index is 934. The van der Waals surface area contributed by atoms with E-state index in [4.69, 9.17) is 8.85 Å². The van der Waals surface area contributed by atoms with Crippen LogP contribution in [0.25, 0.3) is 0 Å². The lowest BCUT2D eigenvalue weighted by Crippen LogP contribution is -2.49. The van der Waals surface area contributed by atoms with Crippen LogP contribution in [0.2, 0.25) is 36.3 Å². The fraction of sp³-hybridized carbons (Fsp3) is 0.838. The number of hydrogen-bond acceptors (Lipinski definition) is 2. The average Bonchev–Trinajstić information content (AvgIpc) is 3.19. The van der Waals surface area contributed by atoms with Gasteiger partial charge in [-0.2, -0.15) is 0 Å². The first-order valence-electron chi connectivity index (χ1n) is 17.2. The maximum Gasteiger partial charge on any atom is 0.192 e.